The molecule has 0 aromatic carbocycles. The summed E-state index contributed by atoms with van der Waals surface area (Å²) in [5.74, 6) is 1.73. The number of aliphatic hydroxyl groups excluding tert-OH is 1. The van der Waals surface area contributed by atoms with Crippen LogP contribution < -0.4 is 0 Å². The minimum Gasteiger partial charge on any atom is -0.396 e. The lowest BCUT2D eigenvalue weighted by Crippen LogP contribution is -2.30. The highest BCUT2D eigenvalue weighted by atomic mass is 16.5. The van der Waals surface area contributed by atoms with Crippen molar-refractivity contribution in [3.63, 3.8) is 0 Å². The second-order valence-corrected chi connectivity index (χ2v) is 6.41. The third-order valence-corrected chi connectivity index (χ3v) is 4.66. The molecular formula is C16H26N2O3. The molecule has 5 heteroatoms. The average Bonchev–Trinajstić information content (AvgIpc) is 2.87. The van der Waals surface area contributed by atoms with E-state index in [0.717, 1.165) is 37.7 Å². The summed E-state index contributed by atoms with van der Waals surface area (Å²) in [6.45, 7) is 4.06. The van der Waals surface area contributed by atoms with Crippen LogP contribution in [-0.2, 0) is 11.3 Å². The Labute approximate surface area is 126 Å². The predicted molar refractivity (Wildman–Crippen MR) is 79.0 cm³/mol. The number of hydrogen-bond acceptors (Lipinski definition) is 5. The van der Waals surface area contributed by atoms with Crippen LogP contribution in [0, 0.1) is 5.92 Å². The van der Waals surface area contributed by atoms with Gasteiger partial charge in [0.05, 0.1) is 25.5 Å². The van der Waals surface area contributed by atoms with E-state index < -0.39 is 0 Å². The standard InChI is InChI=1S/C16H26N2O3/c19-11-13-9-18(6-7-20-12-13)10-15-8-16(17-21-15)14-4-2-1-3-5-14/h8,13-14,19H,1-7,9-12H2. The molecule has 2 fully saturated rings. The molecule has 0 bridgehead atoms. The quantitative estimate of drug-likeness (QED) is 0.922. The Morgan fingerprint density at radius 3 is 2.95 bits per heavy atom. The smallest absolute Gasteiger partial charge is 0.150 e. The molecule has 0 radical (unpaired) electrons. The molecule has 0 amide bonds. The topological polar surface area (TPSA) is 58.7 Å². The Hall–Kier alpha value is -0.910. The molecule has 1 aromatic heterocycles. The minimum atomic E-state index is 0.181. The van der Waals surface area contributed by atoms with Gasteiger partial charge in [-0.05, 0) is 12.8 Å². The number of aromatic nitrogens is 1. The van der Waals surface area contributed by atoms with Crippen LogP contribution in [0.5, 0.6) is 0 Å². The van der Waals surface area contributed by atoms with Crippen molar-refractivity contribution >= 4 is 0 Å². The van der Waals surface area contributed by atoms with E-state index in [2.05, 4.69) is 16.1 Å². The van der Waals surface area contributed by atoms with E-state index in [9.17, 15) is 5.11 Å². The Bertz CT molecular complexity index is 429. The van der Waals surface area contributed by atoms with Crippen LogP contribution in [0.25, 0.3) is 0 Å². The highest BCUT2D eigenvalue weighted by molar-refractivity contribution is 5.11. The van der Waals surface area contributed by atoms with Crippen LogP contribution in [0.2, 0.25) is 0 Å². The lowest BCUT2D eigenvalue weighted by atomic mass is 9.87. The largest absolute Gasteiger partial charge is 0.396 e. The van der Waals surface area contributed by atoms with E-state index in [0.29, 0.717) is 12.5 Å². The number of hydrogen-bond donors (Lipinski definition) is 1. The zero-order valence-corrected chi connectivity index (χ0v) is 12.7. The Morgan fingerprint density at radius 1 is 1.29 bits per heavy atom. The fourth-order valence-electron chi connectivity index (χ4n) is 3.42. The van der Waals surface area contributed by atoms with Gasteiger partial charge in [-0.2, -0.15) is 0 Å². The van der Waals surface area contributed by atoms with Gasteiger partial charge >= 0.3 is 0 Å². The maximum atomic E-state index is 9.33. The molecule has 1 saturated carbocycles. The summed E-state index contributed by atoms with van der Waals surface area (Å²) in [5, 5.41) is 13.6. The molecule has 5 nitrogen and oxygen atoms in total. The maximum Gasteiger partial charge on any atom is 0.150 e. The van der Waals surface area contributed by atoms with Crippen LogP contribution in [-0.4, -0.2) is 48.1 Å². The molecule has 1 aromatic rings. The van der Waals surface area contributed by atoms with E-state index in [4.69, 9.17) is 9.26 Å². The first-order chi connectivity index (χ1) is 10.3. The molecule has 118 valence electrons. The van der Waals surface area contributed by atoms with Gasteiger partial charge in [0.2, 0.25) is 0 Å². The van der Waals surface area contributed by atoms with E-state index in [1.54, 1.807) is 0 Å². The number of rotatable bonds is 4. The van der Waals surface area contributed by atoms with Crippen molar-refractivity contribution in [3.05, 3.63) is 17.5 Å². The maximum absolute atomic E-state index is 9.33. The molecule has 2 heterocycles. The molecule has 1 aliphatic carbocycles. The van der Waals surface area contributed by atoms with Gasteiger partial charge in [0.15, 0.2) is 5.76 Å². The van der Waals surface area contributed by atoms with Crippen molar-refractivity contribution < 1.29 is 14.4 Å². The number of nitrogens with zero attached hydrogens (tertiary/aromatic N) is 2. The van der Waals surface area contributed by atoms with E-state index in [1.165, 1.54) is 32.1 Å². The lowest BCUT2D eigenvalue weighted by molar-refractivity contribution is 0.0957. The molecule has 1 N–H and O–H groups in total. The SMILES string of the molecule is OCC1COCCN(Cc2cc(C3CCCCC3)no2)C1. The van der Waals surface area contributed by atoms with Gasteiger partial charge < -0.3 is 14.4 Å². The van der Waals surface area contributed by atoms with Crippen molar-refractivity contribution in [3.8, 4) is 0 Å². The molecular weight excluding hydrogens is 268 g/mol. The van der Waals surface area contributed by atoms with Crippen molar-refractivity contribution in [1.29, 1.82) is 0 Å². The van der Waals surface area contributed by atoms with Crippen LogP contribution >= 0.6 is 0 Å². The first kappa shape index (κ1) is 15.0. The second-order valence-electron chi connectivity index (χ2n) is 6.41. The average molecular weight is 294 g/mol. The zero-order valence-electron chi connectivity index (χ0n) is 12.7. The summed E-state index contributed by atoms with van der Waals surface area (Å²) in [5.41, 5.74) is 1.13. The Morgan fingerprint density at radius 2 is 2.14 bits per heavy atom. The summed E-state index contributed by atoms with van der Waals surface area (Å²) < 4.78 is 11.1. The van der Waals surface area contributed by atoms with Crippen molar-refractivity contribution in [2.45, 2.75) is 44.6 Å². The van der Waals surface area contributed by atoms with Crippen molar-refractivity contribution in [2.24, 2.45) is 5.92 Å². The van der Waals surface area contributed by atoms with Gasteiger partial charge in [-0.3, -0.25) is 4.90 Å². The highest BCUT2D eigenvalue weighted by Gasteiger charge is 2.22. The fraction of sp³-hybridized carbons (Fsp3) is 0.812. The monoisotopic (exact) mass is 294 g/mol. The first-order valence-corrected chi connectivity index (χ1v) is 8.21. The third-order valence-electron chi connectivity index (χ3n) is 4.66. The summed E-state index contributed by atoms with van der Waals surface area (Å²) in [4.78, 5) is 2.29. The minimum absolute atomic E-state index is 0.181. The number of aliphatic hydroxyl groups is 1. The van der Waals surface area contributed by atoms with Gasteiger partial charge in [-0.25, -0.2) is 0 Å². The molecule has 1 aliphatic heterocycles. The van der Waals surface area contributed by atoms with Gasteiger partial charge in [0.1, 0.15) is 0 Å². The van der Waals surface area contributed by atoms with Crippen LogP contribution in [0.1, 0.15) is 49.5 Å². The summed E-state index contributed by atoms with van der Waals surface area (Å²) in [7, 11) is 0. The van der Waals surface area contributed by atoms with Crippen molar-refractivity contribution in [1.82, 2.24) is 10.1 Å². The summed E-state index contributed by atoms with van der Waals surface area (Å²) in [6, 6.07) is 2.13. The zero-order chi connectivity index (χ0) is 14.5. The van der Waals surface area contributed by atoms with E-state index >= 15 is 0 Å². The fourth-order valence-corrected chi connectivity index (χ4v) is 3.42. The second kappa shape index (κ2) is 7.38. The first-order valence-electron chi connectivity index (χ1n) is 8.21. The van der Waals surface area contributed by atoms with E-state index in [-0.39, 0.29) is 12.5 Å². The van der Waals surface area contributed by atoms with Crippen molar-refractivity contribution in [2.75, 3.05) is 32.9 Å². The summed E-state index contributed by atoms with van der Waals surface area (Å²) in [6.07, 6.45) is 6.48. The molecule has 3 rings (SSSR count). The summed E-state index contributed by atoms with van der Waals surface area (Å²) >= 11 is 0. The lowest BCUT2D eigenvalue weighted by Gasteiger charge is -2.20. The molecule has 2 aliphatic rings. The highest BCUT2D eigenvalue weighted by Crippen LogP contribution is 2.32. The van der Waals surface area contributed by atoms with Gasteiger partial charge in [-0.1, -0.05) is 24.4 Å². The van der Waals surface area contributed by atoms with Crippen LogP contribution in [0.15, 0.2) is 10.6 Å². The Kier molecular flexibility index (Phi) is 5.27. The third kappa shape index (κ3) is 4.05. The van der Waals surface area contributed by atoms with Crippen LogP contribution in [0.4, 0.5) is 0 Å². The molecule has 1 unspecified atom stereocenters. The van der Waals surface area contributed by atoms with E-state index in [1.807, 2.05) is 0 Å². The van der Waals surface area contributed by atoms with Gasteiger partial charge in [0.25, 0.3) is 0 Å². The molecule has 1 atom stereocenters. The number of ether oxygens (including phenoxy) is 1. The molecule has 0 spiro atoms. The Balaban J connectivity index is 1.58. The van der Waals surface area contributed by atoms with Gasteiger partial charge in [0, 0.05) is 37.6 Å². The van der Waals surface area contributed by atoms with Gasteiger partial charge in [-0.15, -0.1) is 0 Å². The normalized spacial score (nSPS) is 25.9. The van der Waals surface area contributed by atoms with Crippen LogP contribution in [0.3, 0.4) is 0 Å². The molecule has 1 saturated heterocycles. The predicted octanol–water partition coefficient (Wildman–Crippen LogP) is 2.16. The molecule has 21 heavy (non-hydrogen) atoms.